The Labute approximate surface area is 277 Å². The monoisotopic (exact) mass is 618 g/mol. The molecule has 46 heavy (non-hydrogen) atoms. The predicted molar refractivity (Wildman–Crippen MR) is 187 cm³/mol. The molecular weight excluding hydrogens is 564 g/mol. The van der Waals surface area contributed by atoms with Crippen molar-refractivity contribution in [1.82, 2.24) is 0 Å². The zero-order valence-corrected chi connectivity index (χ0v) is 28.4. The first kappa shape index (κ1) is 32.7. The molecule has 6 atom stereocenters. The third-order valence-corrected chi connectivity index (χ3v) is 10.3. The maximum absolute atomic E-state index is 7.51. The third-order valence-electron chi connectivity index (χ3n) is 10.3. The van der Waals surface area contributed by atoms with Crippen molar-refractivity contribution in [1.29, 1.82) is 0 Å². The van der Waals surface area contributed by atoms with Crippen LogP contribution in [0.5, 0.6) is 0 Å². The lowest BCUT2D eigenvalue weighted by atomic mass is 9.71. The molecule has 4 unspecified atom stereocenters. The molecule has 242 valence electrons. The smallest absolute Gasteiger partial charge is 0.176 e. The fourth-order valence-corrected chi connectivity index (χ4v) is 7.96. The summed E-state index contributed by atoms with van der Waals surface area (Å²) in [5.41, 5.74) is 8.12. The van der Waals surface area contributed by atoms with E-state index in [-0.39, 0.29) is 12.2 Å². The molecule has 0 radical (unpaired) electrons. The summed E-state index contributed by atoms with van der Waals surface area (Å²) < 4.78 is 15.0. The van der Waals surface area contributed by atoms with Crippen molar-refractivity contribution in [3.8, 4) is 0 Å². The number of ether oxygens (including phenoxy) is 2. The molecule has 1 aliphatic heterocycles. The Balaban J connectivity index is 1.29. The van der Waals surface area contributed by atoms with Gasteiger partial charge in [-0.2, -0.15) is 0 Å². The van der Waals surface area contributed by atoms with E-state index in [0.29, 0.717) is 11.8 Å². The topological polar surface area (TPSA) is 27.3 Å². The SMILES string of the molecule is Cc1ccc(C[NH+](C)C[C@H]2OC3(O[C@@H]2C[NH+](C)Cc2ccc(C)cc2)C(Cc2ccccc2)CCCC3Cc2ccccc2)cc1. The molecule has 4 nitrogen and oxygen atoms in total. The minimum Gasteiger partial charge on any atom is -0.337 e. The van der Waals surface area contributed by atoms with Crippen molar-refractivity contribution < 1.29 is 19.3 Å². The first-order chi connectivity index (χ1) is 22.4. The lowest BCUT2D eigenvalue weighted by molar-refractivity contribution is -0.904. The van der Waals surface area contributed by atoms with Crippen LogP contribution in [0.3, 0.4) is 0 Å². The molecule has 1 saturated carbocycles. The third kappa shape index (κ3) is 8.16. The summed E-state index contributed by atoms with van der Waals surface area (Å²) >= 11 is 0. The minimum absolute atomic E-state index is 0.0352. The van der Waals surface area contributed by atoms with E-state index >= 15 is 0 Å². The average Bonchev–Trinajstić information content (AvgIpc) is 3.40. The van der Waals surface area contributed by atoms with Gasteiger partial charge in [-0.25, -0.2) is 0 Å². The molecular formula is C42H54N2O2+2. The molecule has 1 heterocycles. The number of likely N-dealkylation sites (N-methyl/N-ethyl adjacent to an activating group) is 2. The Morgan fingerprint density at radius 2 is 0.935 bits per heavy atom. The van der Waals surface area contributed by atoms with Crippen molar-refractivity contribution >= 4 is 0 Å². The van der Waals surface area contributed by atoms with Crippen LogP contribution in [0, 0.1) is 25.7 Å². The van der Waals surface area contributed by atoms with Gasteiger partial charge in [0.15, 0.2) is 5.79 Å². The number of hydrogen-bond donors (Lipinski definition) is 2. The molecule has 2 N–H and O–H groups in total. The summed E-state index contributed by atoms with van der Waals surface area (Å²) in [5, 5.41) is 0. The molecule has 1 saturated heterocycles. The van der Waals surface area contributed by atoms with Gasteiger partial charge in [-0.05, 0) is 50.7 Å². The summed E-state index contributed by atoms with van der Waals surface area (Å²) in [5.74, 6) is 0.0485. The number of quaternary nitrogens is 2. The van der Waals surface area contributed by atoms with Crippen LogP contribution in [-0.4, -0.2) is 45.2 Å². The Bertz CT molecular complexity index is 1370. The number of hydrogen-bond acceptors (Lipinski definition) is 2. The lowest BCUT2D eigenvalue weighted by Gasteiger charge is -2.46. The molecule has 2 aliphatic rings. The maximum atomic E-state index is 7.51. The van der Waals surface area contributed by atoms with Crippen LogP contribution in [0.1, 0.15) is 52.6 Å². The second-order valence-electron chi connectivity index (χ2n) is 14.4. The van der Waals surface area contributed by atoms with E-state index < -0.39 is 5.79 Å². The molecule has 2 fully saturated rings. The van der Waals surface area contributed by atoms with Crippen molar-refractivity contribution in [2.24, 2.45) is 11.8 Å². The van der Waals surface area contributed by atoms with E-state index in [9.17, 15) is 0 Å². The largest absolute Gasteiger partial charge is 0.337 e. The van der Waals surface area contributed by atoms with Gasteiger partial charge in [0.25, 0.3) is 0 Å². The highest BCUT2D eigenvalue weighted by molar-refractivity contribution is 5.22. The number of aryl methyl sites for hydroxylation is 2. The van der Waals surface area contributed by atoms with Crippen LogP contribution < -0.4 is 9.80 Å². The Kier molecular flexibility index (Phi) is 10.7. The zero-order chi connectivity index (χ0) is 31.9. The molecule has 1 aliphatic carbocycles. The number of rotatable bonds is 12. The normalized spacial score (nSPS) is 25.8. The van der Waals surface area contributed by atoms with E-state index in [4.69, 9.17) is 9.47 Å². The molecule has 1 spiro atoms. The fourth-order valence-electron chi connectivity index (χ4n) is 7.96. The summed E-state index contributed by atoms with van der Waals surface area (Å²) in [6.07, 6.45) is 5.54. The molecule has 0 amide bonds. The van der Waals surface area contributed by atoms with Gasteiger partial charge in [-0.15, -0.1) is 0 Å². The van der Waals surface area contributed by atoms with Crippen molar-refractivity contribution in [2.45, 2.75) is 77.0 Å². The zero-order valence-electron chi connectivity index (χ0n) is 28.4. The van der Waals surface area contributed by atoms with Gasteiger partial charge in [0.2, 0.25) is 0 Å². The first-order valence-electron chi connectivity index (χ1n) is 17.5. The van der Waals surface area contributed by atoms with E-state index in [0.717, 1.165) is 51.9 Å². The summed E-state index contributed by atoms with van der Waals surface area (Å²) in [6.45, 7) is 8.12. The van der Waals surface area contributed by atoms with Gasteiger partial charge < -0.3 is 19.3 Å². The van der Waals surface area contributed by atoms with Gasteiger partial charge in [0.05, 0.1) is 14.1 Å². The highest BCUT2D eigenvalue weighted by atomic mass is 16.8. The van der Waals surface area contributed by atoms with Crippen LogP contribution in [0.15, 0.2) is 109 Å². The van der Waals surface area contributed by atoms with E-state index in [1.165, 1.54) is 49.6 Å². The fraction of sp³-hybridized carbons (Fsp3) is 0.429. The Morgan fingerprint density at radius 3 is 1.33 bits per heavy atom. The second kappa shape index (κ2) is 15.1. The van der Waals surface area contributed by atoms with Crippen LogP contribution >= 0.6 is 0 Å². The molecule has 0 aromatic heterocycles. The van der Waals surface area contributed by atoms with E-state index in [1.54, 1.807) is 0 Å². The molecule has 4 heteroatoms. The molecule has 4 aromatic rings. The van der Waals surface area contributed by atoms with Gasteiger partial charge in [0.1, 0.15) is 38.4 Å². The van der Waals surface area contributed by atoms with Crippen molar-refractivity contribution in [3.05, 3.63) is 143 Å². The van der Waals surface area contributed by atoms with Gasteiger partial charge >= 0.3 is 0 Å². The first-order valence-corrected chi connectivity index (χ1v) is 17.5. The van der Waals surface area contributed by atoms with Gasteiger partial charge in [-0.3, -0.25) is 0 Å². The van der Waals surface area contributed by atoms with Crippen LogP contribution in [-0.2, 0) is 35.4 Å². The lowest BCUT2D eigenvalue weighted by Crippen LogP contribution is -3.11. The molecule has 0 bridgehead atoms. The standard InChI is InChI=1S/C42H52N2O2/c1-32-18-22-36(23-19-32)28-43(3)30-40-41(31-44(4)29-37-24-20-33(2)21-25-37)46-42(45-40)38(26-34-12-7-5-8-13-34)16-11-17-39(42)27-35-14-9-6-10-15-35/h5-10,12-15,18-25,38-41H,11,16-17,26-31H2,1-4H3/p+2/t38?,39?,40-,41-/m1/s1. The average molecular weight is 619 g/mol. The van der Waals surface area contributed by atoms with Crippen LogP contribution in [0.25, 0.3) is 0 Å². The van der Waals surface area contributed by atoms with E-state index in [2.05, 4.69) is 137 Å². The summed E-state index contributed by atoms with van der Waals surface area (Å²) in [7, 11) is 4.63. The Hall–Kier alpha value is -3.28. The quantitative estimate of drug-likeness (QED) is 0.222. The predicted octanol–water partition coefficient (Wildman–Crippen LogP) is 5.42. The highest BCUT2D eigenvalue weighted by Crippen LogP contribution is 2.50. The van der Waals surface area contributed by atoms with Gasteiger partial charge in [-0.1, -0.05) is 127 Å². The van der Waals surface area contributed by atoms with E-state index in [1.807, 2.05) is 0 Å². The summed E-state index contributed by atoms with van der Waals surface area (Å²) in [4.78, 5) is 2.93. The number of benzene rings is 4. The van der Waals surface area contributed by atoms with Crippen LogP contribution in [0.2, 0.25) is 0 Å². The molecule has 4 aromatic carbocycles. The minimum atomic E-state index is -0.590. The van der Waals surface area contributed by atoms with Crippen LogP contribution in [0.4, 0.5) is 0 Å². The van der Waals surface area contributed by atoms with Crippen molar-refractivity contribution in [2.75, 3.05) is 27.2 Å². The molecule has 6 rings (SSSR count). The highest BCUT2D eigenvalue weighted by Gasteiger charge is 2.59. The second-order valence-corrected chi connectivity index (χ2v) is 14.4. The Morgan fingerprint density at radius 1 is 0.543 bits per heavy atom. The van der Waals surface area contributed by atoms with Crippen molar-refractivity contribution in [3.63, 3.8) is 0 Å². The number of nitrogens with one attached hydrogen (secondary N) is 2. The van der Waals surface area contributed by atoms with Gasteiger partial charge in [0, 0.05) is 23.0 Å². The summed E-state index contributed by atoms with van der Waals surface area (Å²) in [6, 6.07) is 40.0. The maximum Gasteiger partial charge on any atom is 0.176 e.